The van der Waals surface area contributed by atoms with Crippen molar-refractivity contribution >= 4 is 5.91 Å². The molecule has 1 aliphatic rings. The lowest BCUT2D eigenvalue weighted by molar-refractivity contribution is -0.134. The lowest BCUT2D eigenvalue weighted by Crippen LogP contribution is -2.37. The predicted octanol–water partition coefficient (Wildman–Crippen LogP) is 0.466. The standard InChI is InChI=1S/C11H22N2O2/c1-9(7-12)11(14)13(2)5-6-15-8-10-3-4-10/h9-10H,3-8,12H2,1-2H3. The van der Waals surface area contributed by atoms with Gasteiger partial charge in [-0.2, -0.15) is 0 Å². The van der Waals surface area contributed by atoms with Crippen LogP contribution < -0.4 is 5.73 Å². The minimum absolute atomic E-state index is 0.0848. The molecule has 0 aliphatic heterocycles. The molecule has 1 atom stereocenters. The summed E-state index contributed by atoms with van der Waals surface area (Å²) in [7, 11) is 1.80. The molecule has 0 spiro atoms. The monoisotopic (exact) mass is 214 g/mol. The van der Waals surface area contributed by atoms with E-state index in [-0.39, 0.29) is 11.8 Å². The van der Waals surface area contributed by atoms with Gasteiger partial charge >= 0.3 is 0 Å². The molecule has 0 bridgehead atoms. The van der Waals surface area contributed by atoms with Gasteiger partial charge in [-0.1, -0.05) is 6.92 Å². The van der Waals surface area contributed by atoms with E-state index in [9.17, 15) is 4.79 Å². The van der Waals surface area contributed by atoms with Gasteiger partial charge in [0, 0.05) is 32.7 Å². The summed E-state index contributed by atoms with van der Waals surface area (Å²) >= 11 is 0. The molecule has 1 fully saturated rings. The van der Waals surface area contributed by atoms with Crippen LogP contribution in [0.15, 0.2) is 0 Å². The van der Waals surface area contributed by atoms with Crippen LogP contribution in [0.4, 0.5) is 0 Å². The van der Waals surface area contributed by atoms with Crippen molar-refractivity contribution in [2.45, 2.75) is 19.8 Å². The van der Waals surface area contributed by atoms with E-state index in [1.807, 2.05) is 6.92 Å². The second kappa shape index (κ2) is 6.08. The Hall–Kier alpha value is -0.610. The summed E-state index contributed by atoms with van der Waals surface area (Å²) < 4.78 is 5.47. The Morgan fingerprint density at radius 2 is 2.27 bits per heavy atom. The Kier molecular flexibility index (Phi) is 5.05. The van der Waals surface area contributed by atoms with Crippen LogP contribution in [0.1, 0.15) is 19.8 Å². The highest BCUT2D eigenvalue weighted by Gasteiger charge is 2.21. The molecule has 1 aliphatic carbocycles. The van der Waals surface area contributed by atoms with E-state index in [4.69, 9.17) is 10.5 Å². The Bertz CT molecular complexity index is 205. The number of nitrogens with two attached hydrogens (primary N) is 1. The van der Waals surface area contributed by atoms with Crippen molar-refractivity contribution in [3.05, 3.63) is 0 Å². The van der Waals surface area contributed by atoms with Crippen molar-refractivity contribution in [1.29, 1.82) is 0 Å². The fraction of sp³-hybridized carbons (Fsp3) is 0.909. The Balaban J connectivity index is 2.05. The first-order valence-electron chi connectivity index (χ1n) is 5.68. The summed E-state index contributed by atoms with van der Waals surface area (Å²) in [6.07, 6.45) is 2.61. The lowest BCUT2D eigenvalue weighted by Gasteiger charge is -2.20. The van der Waals surface area contributed by atoms with Gasteiger partial charge in [-0.15, -0.1) is 0 Å². The highest BCUT2D eigenvalue weighted by atomic mass is 16.5. The third-order valence-corrected chi connectivity index (χ3v) is 2.77. The molecule has 0 radical (unpaired) electrons. The normalized spacial score (nSPS) is 17.5. The Morgan fingerprint density at radius 3 is 2.80 bits per heavy atom. The molecular formula is C11H22N2O2. The number of likely N-dealkylation sites (N-methyl/N-ethyl adjacent to an activating group) is 1. The number of carbonyl (C=O) groups excluding carboxylic acids is 1. The van der Waals surface area contributed by atoms with Crippen molar-refractivity contribution in [2.24, 2.45) is 17.6 Å². The molecule has 4 heteroatoms. The summed E-state index contributed by atoms with van der Waals surface area (Å²) in [5.41, 5.74) is 5.43. The molecule has 0 aromatic rings. The van der Waals surface area contributed by atoms with Crippen molar-refractivity contribution < 1.29 is 9.53 Å². The van der Waals surface area contributed by atoms with Crippen LogP contribution in [0.25, 0.3) is 0 Å². The van der Waals surface area contributed by atoms with Gasteiger partial charge in [0.2, 0.25) is 5.91 Å². The smallest absolute Gasteiger partial charge is 0.226 e. The number of amides is 1. The molecule has 88 valence electrons. The number of hydrogen-bond acceptors (Lipinski definition) is 3. The average molecular weight is 214 g/mol. The second-order valence-electron chi connectivity index (χ2n) is 4.41. The van der Waals surface area contributed by atoms with Crippen LogP contribution in [0.5, 0.6) is 0 Å². The van der Waals surface area contributed by atoms with Gasteiger partial charge in [-0.3, -0.25) is 4.79 Å². The van der Waals surface area contributed by atoms with Crippen LogP contribution in [0, 0.1) is 11.8 Å². The molecule has 1 saturated carbocycles. The van der Waals surface area contributed by atoms with E-state index in [0.29, 0.717) is 19.7 Å². The predicted molar refractivity (Wildman–Crippen MR) is 59.4 cm³/mol. The molecule has 0 aromatic carbocycles. The van der Waals surface area contributed by atoms with Gasteiger partial charge in [0.1, 0.15) is 0 Å². The summed E-state index contributed by atoms with van der Waals surface area (Å²) in [5.74, 6) is 0.805. The Morgan fingerprint density at radius 1 is 1.60 bits per heavy atom. The van der Waals surface area contributed by atoms with Gasteiger partial charge in [0.15, 0.2) is 0 Å². The minimum Gasteiger partial charge on any atom is -0.379 e. The summed E-state index contributed by atoms with van der Waals surface area (Å²) in [6, 6.07) is 0. The first kappa shape index (κ1) is 12.5. The van der Waals surface area contributed by atoms with E-state index in [2.05, 4.69) is 0 Å². The molecular weight excluding hydrogens is 192 g/mol. The number of nitrogens with zero attached hydrogens (tertiary/aromatic N) is 1. The second-order valence-corrected chi connectivity index (χ2v) is 4.41. The fourth-order valence-electron chi connectivity index (χ4n) is 1.32. The van der Waals surface area contributed by atoms with Crippen molar-refractivity contribution in [3.63, 3.8) is 0 Å². The van der Waals surface area contributed by atoms with E-state index < -0.39 is 0 Å². The molecule has 4 nitrogen and oxygen atoms in total. The lowest BCUT2D eigenvalue weighted by atomic mass is 10.1. The zero-order valence-electron chi connectivity index (χ0n) is 9.74. The SMILES string of the molecule is CC(CN)C(=O)N(C)CCOCC1CC1. The van der Waals surface area contributed by atoms with E-state index in [0.717, 1.165) is 12.5 Å². The van der Waals surface area contributed by atoms with Crippen LogP contribution in [0.2, 0.25) is 0 Å². The maximum Gasteiger partial charge on any atom is 0.226 e. The average Bonchev–Trinajstić information content (AvgIpc) is 3.05. The number of rotatable bonds is 7. The van der Waals surface area contributed by atoms with Crippen LogP contribution >= 0.6 is 0 Å². The van der Waals surface area contributed by atoms with Crippen molar-refractivity contribution in [1.82, 2.24) is 4.90 Å². The zero-order chi connectivity index (χ0) is 11.3. The molecule has 0 heterocycles. The van der Waals surface area contributed by atoms with Gasteiger partial charge in [-0.05, 0) is 18.8 Å². The number of carbonyl (C=O) groups is 1. The molecule has 1 unspecified atom stereocenters. The molecule has 15 heavy (non-hydrogen) atoms. The maximum atomic E-state index is 11.6. The number of ether oxygens (including phenoxy) is 1. The fourth-order valence-corrected chi connectivity index (χ4v) is 1.32. The van der Waals surface area contributed by atoms with Crippen LogP contribution in [0.3, 0.4) is 0 Å². The highest BCUT2D eigenvalue weighted by Crippen LogP contribution is 2.28. The third kappa shape index (κ3) is 4.62. The number of hydrogen-bond donors (Lipinski definition) is 1. The van der Waals surface area contributed by atoms with Crippen LogP contribution in [-0.2, 0) is 9.53 Å². The molecule has 1 amide bonds. The van der Waals surface area contributed by atoms with E-state index in [1.54, 1.807) is 11.9 Å². The zero-order valence-corrected chi connectivity index (χ0v) is 9.74. The molecule has 2 N–H and O–H groups in total. The molecule has 0 saturated heterocycles. The Labute approximate surface area is 91.8 Å². The van der Waals surface area contributed by atoms with Gasteiger partial charge in [0.25, 0.3) is 0 Å². The summed E-state index contributed by atoms with van der Waals surface area (Å²) in [6.45, 7) is 4.41. The van der Waals surface area contributed by atoms with Gasteiger partial charge in [0.05, 0.1) is 6.61 Å². The topological polar surface area (TPSA) is 55.6 Å². The van der Waals surface area contributed by atoms with Gasteiger partial charge in [-0.25, -0.2) is 0 Å². The first-order chi connectivity index (χ1) is 7.15. The summed E-state index contributed by atoms with van der Waals surface area (Å²) in [5, 5.41) is 0. The van der Waals surface area contributed by atoms with Crippen molar-refractivity contribution in [2.75, 3.05) is 33.4 Å². The molecule has 0 aromatic heterocycles. The van der Waals surface area contributed by atoms with Crippen LogP contribution in [-0.4, -0.2) is 44.2 Å². The largest absolute Gasteiger partial charge is 0.379 e. The molecule has 1 rings (SSSR count). The van der Waals surface area contributed by atoms with Gasteiger partial charge < -0.3 is 15.4 Å². The maximum absolute atomic E-state index is 11.6. The van der Waals surface area contributed by atoms with E-state index >= 15 is 0 Å². The first-order valence-corrected chi connectivity index (χ1v) is 5.68. The van der Waals surface area contributed by atoms with Crippen molar-refractivity contribution in [3.8, 4) is 0 Å². The highest BCUT2D eigenvalue weighted by molar-refractivity contribution is 5.78. The van der Waals surface area contributed by atoms with E-state index in [1.165, 1.54) is 12.8 Å². The summed E-state index contributed by atoms with van der Waals surface area (Å²) in [4.78, 5) is 13.3. The quantitative estimate of drug-likeness (QED) is 0.627. The minimum atomic E-state index is -0.0848. The third-order valence-electron chi connectivity index (χ3n) is 2.77.